The summed E-state index contributed by atoms with van der Waals surface area (Å²) in [5, 5.41) is 0. The van der Waals surface area contributed by atoms with Gasteiger partial charge in [-0.2, -0.15) is 0 Å². The third-order valence-corrected chi connectivity index (χ3v) is 3.42. The SMILES string of the molecule is COC(=O)[C@@H]1CC=C[C@@H]2CCC[C@H]21. The molecule has 3 atom stereocenters. The van der Waals surface area contributed by atoms with Gasteiger partial charge in [0.15, 0.2) is 0 Å². The summed E-state index contributed by atoms with van der Waals surface area (Å²) >= 11 is 0. The van der Waals surface area contributed by atoms with Crippen molar-refractivity contribution < 1.29 is 9.53 Å². The minimum atomic E-state index is -0.0127. The monoisotopic (exact) mass is 180 g/mol. The second-order valence-corrected chi connectivity index (χ2v) is 4.05. The molecule has 0 radical (unpaired) electrons. The first-order chi connectivity index (χ1) is 6.33. The average molecular weight is 180 g/mol. The fraction of sp³-hybridized carbons (Fsp3) is 0.727. The molecule has 1 saturated carbocycles. The summed E-state index contributed by atoms with van der Waals surface area (Å²) < 4.78 is 4.83. The lowest BCUT2D eigenvalue weighted by Crippen LogP contribution is -2.28. The van der Waals surface area contributed by atoms with Crippen LogP contribution in [0.2, 0.25) is 0 Å². The van der Waals surface area contributed by atoms with E-state index in [0.717, 1.165) is 6.42 Å². The Hall–Kier alpha value is -0.790. The van der Waals surface area contributed by atoms with E-state index in [1.807, 2.05) is 0 Å². The van der Waals surface area contributed by atoms with E-state index in [1.165, 1.54) is 26.4 Å². The molecule has 2 heteroatoms. The third kappa shape index (κ3) is 1.50. The summed E-state index contributed by atoms with van der Waals surface area (Å²) in [7, 11) is 1.49. The van der Waals surface area contributed by atoms with Gasteiger partial charge in [0.1, 0.15) is 0 Å². The lowest BCUT2D eigenvalue weighted by molar-refractivity contribution is -0.147. The van der Waals surface area contributed by atoms with Crippen molar-refractivity contribution >= 4 is 5.97 Å². The molecule has 0 unspecified atom stereocenters. The zero-order chi connectivity index (χ0) is 9.26. The van der Waals surface area contributed by atoms with Gasteiger partial charge in [-0.3, -0.25) is 4.79 Å². The van der Waals surface area contributed by atoms with Crippen LogP contribution < -0.4 is 0 Å². The zero-order valence-corrected chi connectivity index (χ0v) is 8.03. The van der Waals surface area contributed by atoms with E-state index in [1.54, 1.807) is 0 Å². The Kier molecular flexibility index (Phi) is 2.38. The number of fused-ring (bicyclic) bond motifs is 1. The summed E-state index contributed by atoms with van der Waals surface area (Å²) in [6.07, 6.45) is 9.05. The van der Waals surface area contributed by atoms with Gasteiger partial charge in [0.25, 0.3) is 0 Å². The number of carbonyl (C=O) groups excluding carboxylic acids is 1. The maximum Gasteiger partial charge on any atom is 0.309 e. The van der Waals surface area contributed by atoms with E-state index in [-0.39, 0.29) is 11.9 Å². The third-order valence-electron chi connectivity index (χ3n) is 3.42. The molecule has 0 spiro atoms. The Morgan fingerprint density at radius 3 is 3.08 bits per heavy atom. The molecule has 72 valence electrons. The van der Waals surface area contributed by atoms with Crippen LogP contribution in [0.4, 0.5) is 0 Å². The quantitative estimate of drug-likeness (QED) is 0.456. The predicted octanol–water partition coefficient (Wildman–Crippen LogP) is 2.15. The van der Waals surface area contributed by atoms with Gasteiger partial charge in [0, 0.05) is 0 Å². The number of carbonyl (C=O) groups is 1. The molecule has 2 nitrogen and oxygen atoms in total. The lowest BCUT2D eigenvalue weighted by atomic mass is 9.78. The molecular formula is C11H16O2. The van der Waals surface area contributed by atoms with Gasteiger partial charge in [-0.15, -0.1) is 0 Å². The van der Waals surface area contributed by atoms with Crippen LogP contribution in [-0.2, 0) is 9.53 Å². The van der Waals surface area contributed by atoms with Crippen molar-refractivity contribution in [2.45, 2.75) is 25.7 Å². The van der Waals surface area contributed by atoms with Crippen molar-refractivity contribution in [2.24, 2.45) is 17.8 Å². The van der Waals surface area contributed by atoms with Gasteiger partial charge in [-0.25, -0.2) is 0 Å². The smallest absolute Gasteiger partial charge is 0.309 e. The number of hydrogen-bond donors (Lipinski definition) is 0. The topological polar surface area (TPSA) is 26.3 Å². The summed E-state index contributed by atoms with van der Waals surface area (Å²) in [5.41, 5.74) is 0. The summed E-state index contributed by atoms with van der Waals surface area (Å²) in [6, 6.07) is 0. The summed E-state index contributed by atoms with van der Waals surface area (Å²) in [6.45, 7) is 0. The summed E-state index contributed by atoms with van der Waals surface area (Å²) in [5.74, 6) is 1.35. The minimum Gasteiger partial charge on any atom is -0.469 e. The van der Waals surface area contributed by atoms with Crippen LogP contribution in [0.1, 0.15) is 25.7 Å². The summed E-state index contributed by atoms with van der Waals surface area (Å²) in [4.78, 5) is 11.5. The van der Waals surface area contributed by atoms with Crippen LogP contribution in [0.3, 0.4) is 0 Å². The molecular weight excluding hydrogens is 164 g/mol. The highest BCUT2D eigenvalue weighted by atomic mass is 16.5. The second-order valence-electron chi connectivity index (χ2n) is 4.05. The largest absolute Gasteiger partial charge is 0.469 e. The van der Waals surface area contributed by atoms with E-state index >= 15 is 0 Å². The molecule has 0 aliphatic heterocycles. The molecule has 2 aliphatic rings. The number of ether oxygens (including phenoxy) is 1. The molecule has 0 bridgehead atoms. The minimum absolute atomic E-state index is 0.0127. The van der Waals surface area contributed by atoms with E-state index < -0.39 is 0 Å². The molecule has 0 N–H and O–H groups in total. The molecule has 0 heterocycles. The molecule has 0 aromatic heterocycles. The normalized spacial score (nSPS) is 37.2. The number of methoxy groups -OCH3 is 1. The second kappa shape index (κ2) is 3.52. The predicted molar refractivity (Wildman–Crippen MR) is 50.1 cm³/mol. The highest BCUT2D eigenvalue weighted by Crippen LogP contribution is 2.42. The van der Waals surface area contributed by atoms with E-state index in [2.05, 4.69) is 12.2 Å². The van der Waals surface area contributed by atoms with Crippen LogP contribution >= 0.6 is 0 Å². The molecule has 0 amide bonds. The van der Waals surface area contributed by atoms with E-state index in [4.69, 9.17) is 4.74 Å². The van der Waals surface area contributed by atoms with Crippen molar-refractivity contribution in [3.05, 3.63) is 12.2 Å². The highest BCUT2D eigenvalue weighted by molar-refractivity contribution is 5.73. The first kappa shape index (κ1) is 8.79. The molecule has 1 fully saturated rings. The van der Waals surface area contributed by atoms with Crippen LogP contribution in [0.15, 0.2) is 12.2 Å². The highest BCUT2D eigenvalue weighted by Gasteiger charge is 2.38. The fourth-order valence-electron chi connectivity index (χ4n) is 2.75. The van der Waals surface area contributed by atoms with Crippen LogP contribution in [0.25, 0.3) is 0 Å². The van der Waals surface area contributed by atoms with Gasteiger partial charge < -0.3 is 4.74 Å². The lowest BCUT2D eigenvalue weighted by Gasteiger charge is -2.27. The fourth-order valence-corrected chi connectivity index (χ4v) is 2.75. The van der Waals surface area contributed by atoms with Crippen LogP contribution in [0, 0.1) is 17.8 Å². The molecule has 0 aromatic rings. The van der Waals surface area contributed by atoms with Gasteiger partial charge in [-0.05, 0) is 31.1 Å². The van der Waals surface area contributed by atoms with Gasteiger partial charge in [-0.1, -0.05) is 18.6 Å². The Morgan fingerprint density at radius 1 is 1.46 bits per heavy atom. The Bertz CT molecular complexity index is 232. The number of hydrogen-bond acceptors (Lipinski definition) is 2. The Labute approximate surface area is 79.0 Å². The first-order valence-electron chi connectivity index (χ1n) is 5.07. The number of allylic oxidation sites excluding steroid dienone is 2. The molecule has 0 aromatic carbocycles. The van der Waals surface area contributed by atoms with E-state index in [0.29, 0.717) is 11.8 Å². The van der Waals surface area contributed by atoms with Crippen molar-refractivity contribution in [3.63, 3.8) is 0 Å². The van der Waals surface area contributed by atoms with Crippen LogP contribution in [0.5, 0.6) is 0 Å². The molecule has 2 rings (SSSR count). The maximum atomic E-state index is 11.5. The van der Waals surface area contributed by atoms with Crippen molar-refractivity contribution in [3.8, 4) is 0 Å². The van der Waals surface area contributed by atoms with Gasteiger partial charge in [0.05, 0.1) is 13.0 Å². The Morgan fingerprint density at radius 2 is 2.31 bits per heavy atom. The maximum absolute atomic E-state index is 11.5. The van der Waals surface area contributed by atoms with Crippen molar-refractivity contribution in [1.82, 2.24) is 0 Å². The first-order valence-corrected chi connectivity index (χ1v) is 5.07. The van der Waals surface area contributed by atoms with Crippen molar-refractivity contribution in [1.29, 1.82) is 0 Å². The molecule has 0 saturated heterocycles. The van der Waals surface area contributed by atoms with Gasteiger partial charge in [0.2, 0.25) is 0 Å². The van der Waals surface area contributed by atoms with E-state index in [9.17, 15) is 4.79 Å². The Balaban J connectivity index is 2.12. The van der Waals surface area contributed by atoms with Crippen molar-refractivity contribution in [2.75, 3.05) is 7.11 Å². The van der Waals surface area contributed by atoms with Crippen LogP contribution in [-0.4, -0.2) is 13.1 Å². The number of esters is 1. The average Bonchev–Trinajstić information content (AvgIpc) is 2.63. The standard InChI is InChI=1S/C11H16O2/c1-13-11(12)10-7-3-5-8-4-2-6-9(8)10/h3,5,8-10H,2,4,6-7H2,1H3/t8-,9+,10+/m0/s1. The zero-order valence-electron chi connectivity index (χ0n) is 8.03. The van der Waals surface area contributed by atoms with Gasteiger partial charge >= 0.3 is 5.97 Å². The molecule has 2 aliphatic carbocycles. The number of rotatable bonds is 1. The molecule has 13 heavy (non-hydrogen) atoms.